The van der Waals surface area contributed by atoms with Gasteiger partial charge in [0.1, 0.15) is 0 Å². The lowest BCUT2D eigenvalue weighted by Crippen LogP contribution is -1.76. The maximum atomic E-state index is 2.26. The summed E-state index contributed by atoms with van der Waals surface area (Å²) in [5, 5.41) is 0. The van der Waals surface area contributed by atoms with Crippen LogP contribution < -0.4 is 0 Å². The van der Waals surface area contributed by atoms with Gasteiger partial charge in [-0.15, -0.1) is 0 Å². The molecule has 0 heteroatoms. The van der Waals surface area contributed by atoms with E-state index >= 15 is 0 Å². The highest BCUT2D eigenvalue weighted by Crippen LogP contribution is 2.06. The second kappa shape index (κ2) is 8.55. The van der Waals surface area contributed by atoms with E-state index in [-0.39, 0.29) is 0 Å². The first-order valence-electron chi connectivity index (χ1n) is 5.65. The zero-order valence-corrected chi connectivity index (χ0v) is 8.86. The molecule has 0 aromatic carbocycles. The number of rotatable bonds is 0. The maximum Gasteiger partial charge on any atom is -0.0348 e. The second-order valence-corrected chi connectivity index (χ2v) is 3.62. The summed E-state index contributed by atoms with van der Waals surface area (Å²) in [5.41, 5.74) is 0. The third-order valence-corrected chi connectivity index (χ3v) is 2.32. The largest absolute Gasteiger partial charge is 0.0845 e. The highest BCUT2D eigenvalue weighted by atomic mass is 13.9. The van der Waals surface area contributed by atoms with Crippen LogP contribution in [-0.4, -0.2) is 0 Å². The van der Waals surface area contributed by atoms with Crippen LogP contribution in [0.5, 0.6) is 0 Å². The zero-order valence-electron chi connectivity index (χ0n) is 8.86. The minimum absolute atomic E-state index is 1.23. The van der Waals surface area contributed by atoms with Gasteiger partial charge in [0, 0.05) is 0 Å². The van der Waals surface area contributed by atoms with Crippen LogP contribution >= 0.6 is 0 Å². The molecule has 0 radical (unpaired) electrons. The molecule has 0 atom stereocenters. The number of hydrogen-bond donors (Lipinski definition) is 0. The van der Waals surface area contributed by atoms with Crippen LogP contribution in [-0.2, 0) is 0 Å². The Morgan fingerprint density at radius 2 is 0.857 bits per heavy atom. The molecule has 0 spiro atoms. The SMILES string of the molecule is C1=CCCCCCCC=C/C=C/C=C\1. The molecule has 14 heavy (non-hydrogen) atoms. The molecule has 0 heterocycles. The van der Waals surface area contributed by atoms with Crippen molar-refractivity contribution in [1.29, 1.82) is 0 Å². The predicted molar refractivity (Wildman–Crippen MR) is 64.3 cm³/mol. The molecule has 0 bridgehead atoms. The Morgan fingerprint density at radius 3 is 1.36 bits per heavy atom. The van der Waals surface area contributed by atoms with Crippen molar-refractivity contribution in [1.82, 2.24) is 0 Å². The average Bonchev–Trinajstić information content (AvgIpc) is 2.22. The topological polar surface area (TPSA) is 0 Å². The summed E-state index contributed by atoms with van der Waals surface area (Å²) in [6.07, 6.45) is 25.0. The summed E-state index contributed by atoms with van der Waals surface area (Å²) < 4.78 is 0. The van der Waals surface area contributed by atoms with E-state index in [1.807, 2.05) is 0 Å². The monoisotopic (exact) mass is 188 g/mol. The van der Waals surface area contributed by atoms with Crippen LogP contribution in [0.1, 0.15) is 38.5 Å². The van der Waals surface area contributed by atoms with Crippen molar-refractivity contribution < 1.29 is 0 Å². The van der Waals surface area contributed by atoms with Crippen LogP contribution in [0.25, 0.3) is 0 Å². The fourth-order valence-corrected chi connectivity index (χ4v) is 1.48. The molecular weight excluding hydrogens is 168 g/mol. The van der Waals surface area contributed by atoms with Crippen molar-refractivity contribution in [2.45, 2.75) is 38.5 Å². The highest BCUT2D eigenvalue weighted by Gasteiger charge is 1.87. The van der Waals surface area contributed by atoms with Gasteiger partial charge < -0.3 is 0 Å². The number of hydrogen-bond acceptors (Lipinski definition) is 0. The van der Waals surface area contributed by atoms with Gasteiger partial charge in [0.05, 0.1) is 0 Å². The van der Waals surface area contributed by atoms with Gasteiger partial charge in [-0.05, 0) is 25.7 Å². The minimum atomic E-state index is 1.23. The quantitative estimate of drug-likeness (QED) is 0.522. The van der Waals surface area contributed by atoms with E-state index in [1.165, 1.54) is 38.5 Å². The van der Waals surface area contributed by atoms with E-state index < -0.39 is 0 Å². The lowest BCUT2D eigenvalue weighted by Gasteiger charge is -1.96. The third-order valence-electron chi connectivity index (χ3n) is 2.32. The molecule has 1 rings (SSSR count). The van der Waals surface area contributed by atoms with Crippen molar-refractivity contribution in [2.75, 3.05) is 0 Å². The van der Waals surface area contributed by atoms with E-state index in [0.29, 0.717) is 0 Å². The van der Waals surface area contributed by atoms with Crippen molar-refractivity contribution in [3.8, 4) is 0 Å². The lowest BCUT2D eigenvalue weighted by atomic mass is 10.1. The van der Waals surface area contributed by atoms with Gasteiger partial charge in [-0.25, -0.2) is 0 Å². The van der Waals surface area contributed by atoms with E-state index in [0.717, 1.165) is 0 Å². The van der Waals surface area contributed by atoms with Crippen molar-refractivity contribution >= 4 is 0 Å². The Bertz CT molecular complexity index is 202. The molecule has 0 aromatic rings. The molecule has 76 valence electrons. The summed E-state index contributed by atoms with van der Waals surface area (Å²) in [7, 11) is 0. The van der Waals surface area contributed by atoms with Gasteiger partial charge in [-0.3, -0.25) is 0 Å². The maximum absolute atomic E-state index is 2.26. The highest BCUT2D eigenvalue weighted by molar-refractivity contribution is 5.15. The van der Waals surface area contributed by atoms with Crippen LogP contribution in [0, 0.1) is 0 Å². The van der Waals surface area contributed by atoms with Crippen LogP contribution in [0.3, 0.4) is 0 Å². The van der Waals surface area contributed by atoms with E-state index in [1.54, 1.807) is 0 Å². The number of allylic oxidation sites excluding steroid dienone is 8. The Morgan fingerprint density at radius 1 is 0.429 bits per heavy atom. The van der Waals surface area contributed by atoms with E-state index in [9.17, 15) is 0 Å². The van der Waals surface area contributed by atoms with Crippen LogP contribution in [0.4, 0.5) is 0 Å². The molecule has 0 saturated heterocycles. The van der Waals surface area contributed by atoms with Gasteiger partial charge in [0.15, 0.2) is 0 Å². The normalized spacial score (nSPS) is 24.0. The summed E-state index contributed by atoms with van der Waals surface area (Å²) in [6, 6.07) is 0. The Labute approximate surface area is 87.7 Å². The molecule has 0 fully saturated rings. The minimum Gasteiger partial charge on any atom is -0.0845 e. The summed E-state index contributed by atoms with van der Waals surface area (Å²) in [6.45, 7) is 0. The van der Waals surface area contributed by atoms with Gasteiger partial charge in [-0.1, -0.05) is 61.4 Å². The molecule has 0 saturated carbocycles. The molecule has 0 N–H and O–H groups in total. The predicted octanol–water partition coefficient (Wildman–Crippen LogP) is 4.57. The van der Waals surface area contributed by atoms with Crippen LogP contribution in [0.2, 0.25) is 0 Å². The van der Waals surface area contributed by atoms with Gasteiger partial charge in [-0.2, -0.15) is 0 Å². The second-order valence-electron chi connectivity index (χ2n) is 3.62. The molecular formula is C14H20. The van der Waals surface area contributed by atoms with Crippen LogP contribution in [0.15, 0.2) is 48.6 Å². The first-order chi connectivity index (χ1) is 7.00. The van der Waals surface area contributed by atoms with Crippen molar-refractivity contribution in [3.05, 3.63) is 48.6 Å². The van der Waals surface area contributed by atoms with Crippen molar-refractivity contribution in [2.24, 2.45) is 0 Å². The van der Waals surface area contributed by atoms with Gasteiger partial charge in [0.2, 0.25) is 0 Å². The summed E-state index contributed by atoms with van der Waals surface area (Å²) in [5.74, 6) is 0. The lowest BCUT2D eigenvalue weighted by molar-refractivity contribution is 0.652. The fourth-order valence-electron chi connectivity index (χ4n) is 1.48. The molecule has 0 aromatic heterocycles. The molecule has 1 aliphatic carbocycles. The van der Waals surface area contributed by atoms with E-state index in [4.69, 9.17) is 0 Å². The summed E-state index contributed by atoms with van der Waals surface area (Å²) in [4.78, 5) is 0. The Kier molecular flexibility index (Phi) is 6.74. The molecule has 0 unspecified atom stereocenters. The zero-order chi connectivity index (χ0) is 9.90. The summed E-state index contributed by atoms with van der Waals surface area (Å²) >= 11 is 0. The smallest absolute Gasteiger partial charge is 0.0348 e. The van der Waals surface area contributed by atoms with E-state index in [2.05, 4.69) is 48.6 Å². The molecule has 1 aliphatic rings. The standard InChI is InChI=1S/C14H20/c1-2-4-6-8-10-12-14-13-11-9-7-5-3-1/h1-8H,9-14H2/b3-1-,4-2+,7-5?,8-6?. The Balaban J connectivity index is 2.36. The first kappa shape index (κ1) is 11.0. The fraction of sp³-hybridized carbons (Fsp3) is 0.429. The Hall–Kier alpha value is -1.04. The van der Waals surface area contributed by atoms with Gasteiger partial charge in [0.25, 0.3) is 0 Å². The molecule has 0 nitrogen and oxygen atoms in total. The first-order valence-corrected chi connectivity index (χ1v) is 5.65. The molecule has 0 amide bonds. The van der Waals surface area contributed by atoms with Crippen molar-refractivity contribution in [3.63, 3.8) is 0 Å². The molecule has 0 aliphatic heterocycles. The average molecular weight is 188 g/mol. The third kappa shape index (κ3) is 6.47. The van der Waals surface area contributed by atoms with Gasteiger partial charge >= 0.3 is 0 Å².